The highest BCUT2D eigenvalue weighted by Crippen LogP contribution is 2.19. The van der Waals surface area contributed by atoms with Gasteiger partial charge in [-0.3, -0.25) is 9.59 Å². The Morgan fingerprint density at radius 2 is 1.74 bits per heavy atom. The summed E-state index contributed by atoms with van der Waals surface area (Å²) < 4.78 is 32.0. The zero-order valence-corrected chi connectivity index (χ0v) is 17.2. The predicted octanol–water partition coefficient (Wildman–Crippen LogP) is 2.53. The van der Waals surface area contributed by atoms with Crippen molar-refractivity contribution < 1.29 is 22.7 Å². The Labute approximate surface area is 166 Å². The molecule has 0 spiro atoms. The third-order valence-electron chi connectivity index (χ3n) is 3.54. The third kappa shape index (κ3) is 6.46. The summed E-state index contributed by atoms with van der Waals surface area (Å²) in [5.74, 6) is -1.38. The Bertz CT molecular complexity index is 943. The van der Waals surface area contributed by atoms with Crippen LogP contribution >= 0.6 is 15.9 Å². The molecule has 0 bridgehead atoms. The first-order valence-electron chi connectivity index (χ1n) is 7.95. The van der Waals surface area contributed by atoms with Crippen molar-refractivity contribution in [1.82, 2.24) is 4.72 Å². The van der Waals surface area contributed by atoms with Gasteiger partial charge in [-0.15, -0.1) is 0 Å². The number of ether oxygens (including phenoxy) is 1. The minimum absolute atomic E-state index is 0.0456. The Kier molecular flexibility index (Phi) is 7.11. The Balaban J connectivity index is 1.80. The number of nitrogens with one attached hydrogen (secondary N) is 2. The fourth-order valence-corrected chi connectivity index (χ4v) is 3.29. The van der Waals surface area contributed by atoms with E-state index in [4.69, 9.17) is 4.74 Å². The van der Waals surface area contributed by atoms with Crippen molar-refractivity contribution >= 4 is 43.5 Å². The van der Waals surface area contributed by atoms with Gasteiger partial charge in [0.25, 0.3) is 5.91 Å². The van der Waals surface area contributed by atoms with Gasteiger partial charge < -0.3 is 10.1 Å². The lowest BCUT2D eigenvalue weighted by atomic mass is 10.2. The molecule has 2 N–H and O–H groups in total. The average Bonchev–Trinajstić information content (AvgIpc) is 2.62. The van der Waals surface area contributed by atoms with E-state index in [-0.39, 0.29) is 4.90 Å². The summed E-state index contributed by atoms with van der Waals surface area (Å²) in [7, 11) is -3.82. The van der Waals surface area contributed by atoms with Crippen molar-refractivity contribution in [1.29, 1.82) is 0 Å². The monoisotopic (exact) mass is 454 g/mol. The number of esters is 1. The standard InChI is InChI=1S/C18H19BrN2O5S/c1-12-3-6-15(7-4-12)27(24,25)20-10-18(23)26-11-17(22)21-14-5-8-16(19)13(2)9-14/h3-9,20H,10-11H2,1-2H3,(H,21,22). The Hall–Kier alpha value is -2.23. The van der Waals surface area contributed by atoms with Crippen LogP contribution < -0.4 is 10.0 Å². The number of rotatable bonds is 7. The van der Waals surface area contributed by atoms with Gasteiger partial charge in [0.15, 0.2) is 6.61 Å². The van der Waals surface area contributed by atoms with E-state index in [1.54, 1.807) is 30.3 Å². The number of hydrogen-bond donors (Lipinski definition) is 2. The average molecular weight is 455 g/mol. The van der Waals surface area contributed by atoms with Gasteiger partial charge in [-0.25, -0.2) is 8.42 Å². The van der Waals surface area contributed by atoms with Gasteiger partial charge in [0.2, 0.25) is 10.0 Å². The molecule has 0 unspecified atom stereocenters. The molecule has 0 saturated heterocycles. The van der Waals surface area contributed by atoms with Gasteiger partial charge in [0.05, 0.1) is 4.90 Å². The molecule has 27 heavy (non-hydrogen) atoms. The van der Waals surface area contributed by atoms with Gasteiger partial charge >= 0.3 is 5.97 Å². The van der Waals surface area contributed by atoms with Crippen molar-refractivity contribution in [2.75, 3.05) is 18.5 Å². The highest BCUT2D eigenvalue weighted by Gasteiger charge is 2.16. The molecule has 1 amide bonds. The largest absolute Gasteiger partial charge is 0.455 e. The molecule has 7 nitrogen and oxygen atoms in total. The minimum Gasteiger partial charge on any atom is -0.455 e. The number of amides is 1. The summed E-state index contributed by atoms with van der Waals surface area (Å²) in [4.78, 5) is 23.6. The molecule has 0 atom stereocenters. The Morgan fingerprint density at radius 3 is 2.37 bits per heavy atom. The smallest absolute Gasteiger partial charge is 0.321 e. The lowest BCUT2D eigenvalue weighted by Gasteiger charge is -2.09. The quantitative estimate of drug-likeness (QED) is 0.625. The highest BCUT2D eigenvalue weighted by molar-refractivity contribution is 9.10. The van der Waals surface area contributed by atoms with Gasteiger partial charge in [0, 0.05) is 10.2 Å². The van der Waals surface area contributed by atoms with Crippen LogP contribution in [0.25, 0.3) is 0 Å². The molecule has 144 valence electrons. The van der Waals surface area contributed by atoms with Crippen LogP contribution in [0.15, 0.2) is 51.8 Å². The van der Waals surface area contributed by atoms with Gasteiger partial charge in [0.1, 0.15) is 6.54 Å². The van der Waals surface area contributed by atoms with Crippen LogP contribution in [0.3, 0.4) is 0 Å². The van der Waals surface area contributed by atoms with E-state index in [2.05, 4.69) is 26.0 Å². The molecule has 2 aromatic carbocycles. The van der Waals surface area contributed by atoms with Crippen LogP contribution in [0.4, 0.5) is 5.69 Å². The zero-order valence-electron chi connectivity index (χ0n) is 14.8. The second-order valence-corrected chi connectivity index (χ2v) is 8.43. The summed E-state index contributed by atoms with van der Waals surface area (Å²) in [5.41, 5.74) is 2.42. The number of anilines is 1. The second-order valence-electron chi connectivity index (χ2n) is 5.81. The van der Waals surface area contributed by atoms with Crippen LogP contribution in [0.2, 0.25) is 0 Å². The van der Waals surface area contributed by atoms with E-state index in [9.17, 15) is 18.0 Å². The van der Waals surface area contributed by atoms with E-state index < -0.39 is 35.1 Å². The molecule has 0 heterocycles. The zero-order chi connectivity index (χ0) is 20.0. The summed E-state index contributed by atoms with van der Waals surface area (Å²) in [6, 6.07) is 11.4. The van der Waals surface area contributed by atoms with E-state index in [0.29, 0.717) is 5.69 Å². The van der Waals surface area contributed by atoms with Crippen LogP contribution in [0.1, 0.15) is 11.1 Å². The molecule has 2 aromatic rings. The molecule has 0 fully saturated rings. The first-order chi connectivity index (χ1) is 12.7. The minimum atomic E-state index is -3.82. The van der Waals surface area contributed by atoms with Crippen LogP contribution in [-0.2, 0) is 24.3 Å². The summed E-state index contributed by atoms with van der Waals surface area (Å²) >= 11 is 3.36. The predicted molar refractivity (Wildman–Crippen MR) is 105 cm³/mol. The molecule has 0 radical (unpaired) electrons. The number of benzene rings is 2. The fourth-order valence-electron chi connectivity index (χ4n) is 2.07. The van der Waals surface area contributed by atoms with Crippen LogP contribution in [0.5, 0.6) is 0 Å². The lowest BCUT2D eigenvalue weighted by Crippen LogP contribution is -2.32. The summed E-state index contributed by atoms with van der Waals surface area (Å²) in [5, 5.41) is 2.59. The lowest BCUT2D eigenvalue weighted by molar-refractivity contribution is -0.146. The number of sulfonamides is 1. The molecule has 0 saturated carbocycles. The molecule has 9 heteroatoms. The molecule has 0 aliphatic heterocycles. The topological polar surface area (TPSA) is 102 Å². The first kappa shape index (κ1) is 21.1. The molecule has 0 aliphatic carbocycles. The highest BCUT2D eigenvalue weighted by atomic mass is 79.9. The maximum absolute atomic E-state index is 12.1. The van der Waals surface area contributed by atoms with E-state index >= 15 is 0 Å². The fraction of sp³-hybridized carbons (Fsp3) is 0.222. The molecular weight excluding hydrogens is 436 g/mol. The van der Waals surface area contributed by atoms with Gasteiger partial charge in [-0.05, 0) is 49.7 Å². The molecule has 0 aliphatic rings. The van der Waals surface area contributed by atoms with Crippen LogP contribution in [0, 0.1) is 13.8 Å². The summed E-state index contributed by atoms with van der Waals surface area (Å²) in [6.07, 6.45) is 0. The normalized spacial score (nSPS) is 11.1. The maximum atomic E-state index is 12.1. The SMILES string of the molecule is Cc1ccc(S(=O)(=O)NCC(=O)OCC(=O)Nc2ccc(Br)c(C)c2)cc1. The van der Waals surface area contributed by atoms with Crippen molar-refractivity contribution in [2.24, 2.45) is 0 Å². The third-order valence-corrected chi connectivity index (χ3v) is 5.85. The first-order valence-corrected chi connectivity index (χ1v) is 10.2. The number of halogens is 1. The van der Waals surface area contributed by atoms with E-state index in [1.807, 2.05) is 13.8 Å². The Morgan fingerprint density at radius 1 is 1.07 bits per heavy atom. The van der Waals surface area contributed by atoms with Gasteiger partial charge in [-0.2, -0.15) is 4.72 Å². The number of aryl methyl sites for hydroxylation is 2. The summed E-state index contributed by atoms with van der Waals surface area (Å²) in [6.45, 7) is 2.63. The van der Waals surface area contributed by atoms with Crippen molar-refractivity contribution in [3.63, 3.8) is 0 Å². The molecule has 2 rings (SSSR count). The van der Waals surface area contributed by atoms with E-state index in [0.717, 1.165) is 15.6 Å². The van der Waals surface area contributed by atoms with Crippen LogP contribution in [-0.4, -0.2) is 33.4 Å². The maximum Gasteiger partial charge on any atom is 0.321 e. The number of hydrogen-bond acceptors (Lipinski definition) is 5. The van der Waals surface area contributed by atoms with E-state index in [1.165, 1.54) is 12.1 Å². The molecule has 0 aromatic heterocycles. The van der Waals surface area contributed by atoms with Crippen molar-refractivity contribution in [3.8, 4) is 0 Å². The van der Waals surface area contributed by atoms with Crippen molar-refractivity contribution in [2.45, 2.75) is 18.7 Å². The van der Waals surface area contributed by atoms with Gasteiger partial charge in [-0.1, -0.05) is 33.6 Å². The number of carbonyl (C=O) groups excluding carboxylic acids is 2. The second kappa shape index (κ2) is 9.12. The van der Waals surface area contributed by atoms with Crippen molar-refractivity contribution in [3.05, 3.63) is 58.1 Å². The molecular formula is C18H19BrN2O5S. The number of carbonyl (C=O) groups is 2.